The summed E-state index contributed by atoms with van der Waals surface area (Å²) in [5, 5.41) is 45.8. The topological polar surface area (TPSA) is 219 Å². The molecule has 1 heterocycles. The second-order valence-corrected chi connectivity index (χ2v) is 12.6. The molecule has 0 unspecified atom stereocenters. The second-order valence-electron chi connectivity index (χ2n) is 12.6. The van der Waals surface area contributed by atoms with E-state index >= 15 is 0 Å². The van der Waals surface area contributed by atoms with Gasteiger partial charge in [-0.2, -0.15) is 0 Å². The van der Waals surface area contributed by atoms with E-state index in [2.05, 4.69) is 6.58 Å². The monoisotopic (exact) mass is 683 g/mol. The van der Waals surface area contributed by atoms with Crippen LogP contribution >= 0.6 is 0 Å². The van der Waals surface area contributed by atoms with Crippen LogP contribution in [0.15, 0.2) is 30.9 Å². The molecule has 1 fully saturated rings. The Morgan fingerprint density at radius 2 is 1.78 bits per heavy atom. The van der Waals surface area contributed by atoms with Crippen molar-refractivity contribution in [1.29, 1.82) is 0 Å². The maximum absolute atomic E-state index is 13.9. The number of benzene rings is 2. The van der Waals surface area contributed by atoms with Gasteiger partial charge in [-0.3, -0.25) is 14.4 Å². The first-order valence-corrected chi connectivity index (χ1v) is 15.7. The first-order valence-electron chi connectivity index (χ1n) is 15.7. The van der Waals surface area contributed by atoms with Crippen LogP contribution in [0.3, 0.4) is 0 Å². The van der Waals surface area contributed by atoms with Crippen LogP contribution in [0.4, 0.5) is 4.79 Å². The van der Waals surface area contributed by atoms with Crippen molar-refractivity contribution < 1.29 is 58.6 Å². The van der Waals surface area contributed by atoms with E-state index in [1.54, 1.807) is 6.92 Å². The van der Waals surface area contributed by atoms with E-state index in [9.17, 15) is 39.6 Å². The zero-order chi connectivity index (χ0) is 35.9. The van der Waals surface area contributed by atoms with Gasteiger partial charge in [0, 0.05) is 69.2 Å². The summed E-state index contributed by atoms with van der Waals surface area (Å²) in [5.74, 6) is -3.64. The van der Waals surface area contributed by atoms with Gasteiger partial charge in [0.05, 0.1) is 42.1 Å². The number of phenolic OH excluding ortho intramolecular Hbond substituents is 2. The van der Waals surface area contributed by atoms with Crippen LogP contribution in [0.25, 0.3) is 0 Å². The summed E-state index contributed by atoms with van der Waals surface area (Å²) < 4.78 is 22.4. The highest BCUT2D eigenvalue weighted by Crippen LogP contribution is 2.52. The van der Waals surface area contributed by atoms with E-state index in [1.165, 1.54) is 55.3 Å². The fourth-order valence-corrected chi connectivity index (χ4v) is 6.64. The van der Waals surface area contributed by atoms with Crippen molar-refractivity contribution in [1.82, 2.24) is 9.80 Å². The summed E-state index contributed by atoms with van der Waals surface area (Å²) >= 11 is 0. The summed E-state index contributed by atoms with van der Waals surface area (Å²) in [5.41, 5.74) is 2.43. The zero-order valence-electron chi connectivity index (χ0n) is 27.7. The van der Waals surface area contributed by atoms with E-state index in [0.29, 0.717) is 0 Å². The number of nitrogens with two attached hydrogens (primary N) is 1. The highest BCUT2D eigenvalue weighted by Gasteiger charge is 2.51. The van der Waals surface area contributed by atoms with Crippen molar-refractivity contribution >= 4 is 23.6 Å². The third-order valence-corrected chi connectivity index (χ3v) is 9.29. The van der Waals surface area contributed by atoms with Gasteiger partial charge < -0.3 is 54.9 Å². The molecule has 1 aliphatic heterocycles. The van der Waals surface area contributed by atoms with Gasteiger partial charge in [0.25, 0.3) is 5.91 Å². The Hall–Kier alpha value is -4.54. The number of phenols is 2. The van der Waals surface area contributed by atoms with E-state index < -0.39 is 95.3 Å². The molecule has 3 aliphatic rings. The molecule has 0 spiro atoms. The van der Waals surface area contributed by atoms with Gasteiger partial charge in [0.1, 0.15) is 29.5 Å². The smallest absolute Gasteiger partial charge is 0.409 e. The van der Waals surface area contributed by atoms with E-state index in [-0.39, 0.29) is 54.1 Å². The van der Waals surface area contributed by atoms with Gasteiger partial charge in [-0.15, -0.1) is 0 Å². The lowest BCUT2D eigenvalue weighted by Gasteiger charge is -2.43. The number of fused-ring (bicyclic) bond motifs is 3. The number of aromatic hydroxyl groups is 2. The third-order valence-electron chi connectivity index (χ3n) is 9.29. The van der Waals surface area contributed by atoms with Gasteiger partial charge in [-0.05, 0) is 13.0 Å². The third kappa shape index (κ3) is 6.35. The molecule has 49 heavy (non-hydrogen) atoms. The summed E-state index contributed by atoms with van der Waals surface area (Å²) in [7, 11) is 4.21. The Morgan fingerprint density at radius 3 is 2.43 bits per heavy atom. The largest absolute Gasteiger partial charge is 0.507 e. The first kappa shape index (κ1) is 35.8. The number of likely N-dealkylation sites (N-methyl/N-ethyl adjacent to an activating group) is 2. The van der Waals surface area contributed by atoms with E-state index in [4.69, 9.17) is 24.7 Å². The predicted molar refractivity (Wildman–Crippen MR) is 171 cm³/mol. The molecule has 2 aromatic rings. The zero-order valence-corrected chi connectivity index (χ0v) is 27.7. The quantitative estimate of drug-likeness (QED) is 0.158. The normalized spacial score (nSPS) is 25.8. The molecule has 0 bridgehead atoms. The van der Waals surface area contributed by atoms with Crippen molar-refractivity contribution in [2.24, 2.45) is 5.73 Å². The number of hydrogen-bond donors (Lipinski definition) is 5. The highest BCUT2D eigenvalue weighted by molar-refractivity contribution is 6.31. The molecule has 264 valence electrons. The van der Waals surface area contributed by atoms with Crippen LogP contribution in [0.2, 0.25) is 0 Å². The number of amides is 2. The number of rotatable bonds is 9. The molecule has 2 aromatic carbocycles. The molecule has 5 rings (SSSR count). The van der Waals surface area contributed by atoms with E-state index in [1.807, 2.05) is 0 Å². The Labute approximate surface area is 282 Å². The molecule has 6 N–H and O–H groups in total. The molecule has 15 nitrogen and oxygen atoms in total. The minimum absolute atomic E-state index is 0.000881. The minimum Gasteiger partial charge on any atom is -0.507 e. The number of carbonyl (C=O) groups is 4. The molecular weight excluding hydrogens is 642 g/mol. The Balaban J connectivity index is 1.56. The molecule has 0 aromatic heterocycles. The molecule has 2 amide bonds. The van der Waals surface area contributed by atoms with Gasteiger partial charge in [-0.25, -0.2) is 4.79 Å². The predicted octanol–water partition coefficient (Wildman–Crippen LogP) is 1.15. The van der Waals surface area contributed by atoms with Gasteiger partial charge >= 0.3 is 6.09 Å². The molecule has 6 atom stereocenters. The van der Waals surface area contributed by atoms with E-state index in [0.717, 1.165) is 0 Å². The number of aliphatic hydroxyl groups excluding tert-OH is 1. The lowest BCUT2D eigenvalue weighted by atomic mass is 9.72. The molecule has 2 aliphatic carbocycles. The first-order chi connectivity index (χ1) is 23.1. The van der Waals surface area contributed by atoms with Crippen molar-refractivity contribution in [3.63, 3.8) is 0 Å². The van der Waals surface area contributed by atoms with Crippen LogP contribution < -0.4 is 10.5 Å². The maximum Gasteiger partial charge on any atom is 0.409 e. The number of methoxy groups -OCH3 is 1. The average molecular weight is 684 g/mol. The van der Waals surface area contributed by atoms with Crippen LogP contribution in [-0.2, 0) is 25.4 Å². The molecule has 15 heteroatoms. The summed E-state index contributed by atoms with van der Waals surface area (Å²) in [4.78, 5) is 56.2. The average Bonchev–Trinajstić information content (AvgIpc) is 3.07. The van der Waals surface area contributed by atoms with Gasteiger partial charge in [0.2, 0.25) is 5.78 Å². The molecule has 0 radical (unpaired) electrons. The highest BCUT2D eigenvalue weighted by atomic mass is 16.7. The number of carbonyl (C=O) groups excluding carboxylic acids is 4. The number of ether oxygens (including phenoxy) is 4. The summed E-state index contributed by atoms with van der Waals surface area (Å²) in [6.07, 6.45) is -4.50. The van der Waals surface area contributed by atoms with Crippen LogP contribution in [0.5, 0.6) is 17.2 Å². The van der Waals surface area contributed by atoms with Crippen molar-refractivity contribution in [2.75, 3.05) is 40.9 Å². The number of aliphatic hydroxyl groups is 2. The molecule has 1 saturated heterocycles. The number of nitrogens with zero attached hydrogens (tertiary/aromatic N) is 2. The standard InChI is InChI=1S/C34H41N3O12/c1-6-12-47-33(44)37(4)11-10-36(3)32(43)34(45)14-18-24(21(15-34)49-22-13-19(35)27(38)16(2)48-22)31(42)26-25(29(18)40)28(39)17-8-7-9-20(46-5)23(17)30(26)41/h6-9,16,19,21-22,27,38,40,42,45H,1,10-15,35H2,2-5H3/t16-,19-,21-,22-,27+,34-/m0/s1. The Morgan fingerprint density at radius 1 is 1.10 bits per heavy atom. The van der Waals surface area contributed by atoms with Gasteiger partial charge in [-0.1, -0.05) is 24.8 Å². The molecular formula is C34H41N3O12. The van der Waals surface area contributed by atoms with Crippen LogP contribution in [0.1, 0.15) is 68.8 Å². The fraction of sp³-hybridized carbons (Fsp3) is 0.471. The van der Waals surface area contributed by atoms with Gasteiger partial charge in [0.15, 0.2) is 12.1 Å². The minimum atomic E-state index is -2.27. The van der Waals surface area contributed by atoms with Crippen molar-refractivity contribution in [3.8, 4) is 17.2 Å². The summed E-state index contributed by atoms with van der Waals surface area (Å²) in [6, 6.07) is 3.62. The lowest BCUT2D eigenvalue weighted by Crippen LogP contribution is -2.54. The SMILES string of the molecule is C=CCOC(=O)N(C)CCN(C)C(=O)[C@]1(O)Cc2c(O)c3c(c(O)c2[C@@H](O[C@H]2C[C@H](N)[C@H](O)[C@H](C)O2)C1)C(=O)c1c(OC)cccc1C3=O. The number of hydrogen-bond acceptors (Lipinski definition) is 13. The Kier molecular flexibility index (Phi) is 10.0. The van der Waals surface area contributed by atoms with Crippen LogP contribution in [0, 0.1) is 0 Å². The van der Waals surface area contributed by atoms with Crippen molar-refractivity contribution in [3.05, 3.63) is 64.2 Å². The number of ketones is 2. The molecule has 0 saturated carbocycles. The fourth-order valence-electron chi connectivity index (χ4n) is 6.64. The van der Waals surface area contributed by atoms with Crippen LogP contribution in [-0.4, -0.2) is 125 Å². The Bertz CT molecular complexity index is 1680. The lowest BCUT2D eigenvalue weighted by molar-refractivity contribution is -0.247. The second kappa shape index (κ2) is 13.8. The maximum atomic E-state index is 13.9. The van der Waals surface area contributed by atoms with Crippen molar-refractivity contribution in [2.45, 2.75) is 62.4 Å². The summed E-state index contributed by atoms with van der Waals surface area (Å²) in [6.45, 7) is 5.09.